The van der Waals surface area contributed by atoms with Crippen LogP contribution in [0.2, 0.25) is 0 Å². The normalized spacial score (nSPS) is 14.3. The number of hydrogen-bond donors (Lipinski definition) is 3. The first-order chi connectivity index (χ1) is 14.3. The lowest BCUT2D eigenvalue weighted by Gasteiger charge is -2.20. The van der Waals surface area contributed by atoms with Gasteiger partial charge in [-0.1, -0.05) is 38.0 Å². The Morgan fingerprint density at radius 1 is 1.03 bits per heavy atom. The molecule has 2 aromatic rings. The molecular formula is C22H29N3O5. The summed E-state index contributed by atoms with van der Waals surface area (Å²) in [7, 11) is 0. The molecule has 30 heavy (non-hydrogen) atoms. The van der Waals surface area contributed by atoms with Crippen LogP contribution in [-0.2, 0) is 20.8 Å². The summed E-state index contributed by atoms with van der Waals surface area (Å²) in [4.78, 5) is 37.8. The Labute approximate surface area is 175 Å². The molecule has 1 saturated heterocycles. The van der Waals surface area contributed by atoms with E-state index in [4.69, 9.17) is 24.8 Å². The third-order valence-electron chi connectivity index (χ3n) is 5.08. The molecule has 0 bridgehead atoms. The van der Waals surface area contributed by atoms with Crippen molar-refractivity contribution in [3.8, 4) is 0 Å². The monoisotopic (exact) mass is 415 g/mol. The van der Waals surface area contributed by atoms with E-state index < -0.39 is 11.9 Å². The summed E-state index contributed by atoms with van der Waals surface area (Å²) < 4.78 is 0. The number of aryl methyl sites for hydroxylation is 1. The summed E-state index contributed by atoms with van der Waals surface area (Å²) in [6.45, 7) is 6.71. The molecule has 8 heteroatoms. The highest BCUT2D eigenvalue weighted by molar-refractivity contribution is 6.27. The van der Waals surface area contributed by atoms with Gasteiger partial charge in [-0.05, 0) is 50.9 Å². The molecule has 0 unspecified atom stereocenters. The summed E-state index contributed by atoms with van der Waals surface area (Å²) >= 11 is 0. The van der Waals surface area contributed by atoms with Crippen LogP contribution in [0.5, 0.6) is 0 Å². The zero-order valence-electron chi connectivity index (χ0n) is 17.5. The molecule has 1 aliphatic heterocycles. The molecule has 1 aromatic carbocycles. The minimum Gasteiger partial charge on any atom is -0.473 e. The Kier molecular flexibility index (Phi) is 8.73. The number of aromatic nitrogens is 1. The van der Waals surface area contributed by atoms with Crippen molar-refractivity contribution in [2.45, 2.75) is 46.0 Å². The first-order valence-corrected chi connectivity index (χ1v) is 10.2. The molecule has 8 nitrogen and oxygen atoms in total. The van der Waals surface area contributed by atoms with Crippen molar-refractivity contribution in [3.05, 3.63) is 35.5 Å². The van der Waals surface area contributed by atoms with Gasteiger partial charge in [0.25, 0.3) is 0 Å². The van der Waals surface area contributed by atoms with E-state index in [1.165, 1.54) is 25.7 Å². The highest BCUT2D eigenvalue weighted by atomic mass is 16.4. The molecule has 0 radical (unpaired) electrons. The third kappa shape index (κ3) is 6.52. The van der Waals surface area contributed by atoms with Gasteiger partial charge in [0.1, 0.15) is 0 Å². The van der Waals surface area contributed by atoms with Crippen LogP contribution in [0.1, 0.15) is 43.9 Å². The van der Waals surface area contributed by atoms with Gasteiger partial charge >= 0.3 is 11.9 Å². The predicted octanol–water partition coefficient (Wildman–Crippen LogP) is 3.08. The van der Waals surface area contributed by atoms with Gasteiger partial charge in [0.2, 0.25) is 5.91 Å². The van der Waals surface area contributed by atoms with Gasteiger partial charge in [0.15, 0.2) is 0 Å². The number of amides is 1. The zero-order valence-corrected chi connectivity index (χ0v) is 17.5. The van der Waals surface area contributed by atoms with Crippen molar-refractivity contribution in [1.29, 1.82) is 0 Å². The number of rotatable bonds is 4. The highest BCUT2D eigenvalue weighted by Gasteiger charge is 2.16. The predicted molar refractivity (Wildman–Crippen MR) is 115 cm³/mol. The SMILES string of the molecule is CCc1nc2ccccc2c(NC(=O)CN2CCCCCC2)c1C.O=C(O)C(=O)O. The number of nitrogens with one attached hydrogen (secondary N) is 1. The molecule has 162 valence electrons. The number of anilines is 1. The van der Waals surface area contributed by atoms with Crippen molar-refractivity contribution in [2.75, 3.05) is 25.0 Å². The Morgan fingerprint density at radius 3 is 2.20 bits per heavy atom. The fraction of sp³-hybridized carbons (Fsp3) is 0.455. The largest absolute Gasteiger partial charge is 0.473 e. The summed E-state index contributed by atoms with van der Waals surface area (Å²) in [5.74, 6) is -3.57. The number of para-hydroxylation sites is 1. The topological polar surface area (TPSA) is 120 Å². The number of fused-ring (bicyclic) bond motifs is 1. The second-order valence-corrected chi connectivity index (χ2v) is 7.28. The fourth-order valence-electron chi connectivity index (χ4n) is 3.54. The van der Waals surface area contributed by atoms with Crippen molar-refractivity contribution >= 4 is 34.4 Å². The number of aliphatic carboxylic acids is 2. The van der Waals surface area contributed by atoms with Crippen LogP contribution in [0, 0.1) is 6.92 Å². The second-order valence-electron chi connectivity index (χ2n) is 7.28. The lowest BCUT2D eigenvalue weighted by atomic mass is 10.1. The maximum absolute atomic E-state index is 12.6. The number of carboxylic acid groups (broad SMARTS) is 2. The lowest BCUT2D eigenvalue weighted by molar-refractivity contribution is -0.159. The number of hydrogen-bond acceptors (Lipinski definition) is 5. The number of carbonyl (C=O) groups is 3. The number of likely N-dealkylation sites (tertiary alicyclic amines) is 1. The molecule has 0 aliphatic carbocycles. The molecule has 2 heterocycles. The number of benzene rings is 1. The van der Waals surface area contributed by atoms with Crippen LogP contribution < -0.4 is 5.32 Å². The van der Waals surface area contributed by atoms with Gasteiger partial charge in [0.05, 0.1) is 17.7 Å². The van der Waals surface area contributed by atoms with E-state index in [2.05, 4.69) is 24.1 Å². The molecule has 0 spiro atoms. The van der Waals surface area contributed by atoms with Crippen LogP contribution in [0.4, 0.5) is 5.69 Å². The van der Waals surface area contributed by atoms with E-state index in [1.807, 2.05) is 24.3 Å². The van der Waals surface area contributed by atoms with Crippen LogP contribution in [0.15, 0.2) is 24.3 Å². The Hall–Kier alpha value is -3.00. The number of nitrogens with zero attached hydrogens (tertiary/aromatic N) is 2. The Balaban J connectivity index is 0.000000469. The van der Waals surface area contributed by atoms with Crippen LogP contribution in [0.25, 0.3) is 10.9 Å². The van der Waals surface area contributed by atoms with E-state index in [0.29, 0.717) is 6.54 Å². The smallest absolute Gasteiger partial charge is 0.414 e. The lowest BCUT2D eigenvalue weighted by Crippen LogP contribution is -2.34. The number of carboxylic acids is 2. The Bertz CT molecular complexity index is 893. The Morgan fingerprint density at radius 2 is 1.63 bits per heavy atom. The molecule has 0 saturated carbocycles. The van der Waals surface area contributed by atoms with Crippen molar-refractivity contribution < 1.29 is 24.6 Å². The molecule has 1 fully saturated rings. The molecule has 1 aliphatic rings. The summed E-state index contributed by atoms with van der Waals surface area (Å²) in [6, 6.07) is 8.04. The quantitative estimate of drug-likeness (QED) is 0.656. The van der Waals surface area contributed by atoms with E-state index in [9.17, 15) is 4.79 Å². The zero-order chi connectivity index (χ0) is 22.1. The van der Waals surface area contributed by atoms with Gasteiger partial charge in [-0.3, -0.25) is 14.7 Å². The average Bonchev–Trinajstić information content (AvgIpc) is 2.99. The minimum atomic E-state index is -1.82. The molecule has 0 atom stereocenters. The summed E-state index contributed by atoms with van der Waals surface area (Å²) in [6.07, 6.45) is 5.83. The molecule has 1 aromatic heterocycles. The molecule has 1 amide bonds. The third-order valence-corrected chi connectivity index (χ3v) is 5.08. The maximum Gasteiger partial charge on any atom is 0.414 e. The van der Waals surface area contributed by atoms with E-state index in [1.54, 1.807) is 0 Å². The summed E-state index contributed by atoms with van der Waals surface area (Å²) in [5.41, 5.74) is 4.02. The van der Waals surface area contributed by atoms with Crippen LogP contribution >= 0.6 is 0 Å². The van der Waals surface area contributed by atoms with E-state index >= 15 is 0 Å². The van der Waals surface area contributed by atoms with Crippen molar-refractivity contribution in [2.24, 2.45) is 0 Å². The molecule has 3 N–H and O–H groups in total. The fourth-order valence-corrected chi connectivity index (χ4v) is 3.54. The van der Waals surface area contributed by atoms with Gasteiger partial charge in [-0.2, -0.15) is 0 Å². The maximum atomic E-state index is 12.6. The molecule has 3 rings (SSSR count). The molecular weight excluding hydrogens is 386 g/mol. The van der Waals surface area contributed by atoms with Gasteiger partial charge in [-0.15, -0.1) is 0 Å². The van der Waals surface area contributed by atoms with E-state index in [0.717, 1.165) is 47.4 Å². The van der Waals surface area contributed by atoms with Crippen molar-refractivity contribution in [1.82, 2.24) is 9.88 Å². The van der Waals surface area contributed by atoms with E-state index in [-0.39, 0.29) is 5.91 Å². The minimum absolute atomic E-state index is 0.0819. The van der Waals surface area contributed by atoms with Gasteiger partial charge in [0, 0.05) is 11.1 Å². The highest BCUT2D eigenvalue weighted by Crippen LogP contribution is 2.28. The van der Waals surface area contributed by atoms with Crippen molar-refractivity contribution in [3.63, 3.8) is 0 Å². The van der Waals surface area contributed by atoms with Crippen LogP contribution in [0.3, 0.4) is 0 Å². The average molecular weight is 415 g/mol. The summed E-state index contributed by atoms with van der Waals surface area (Å²) in [5, 5.41) is 19.0. The van der Waals surface area contributed by atoms with Gasteiger partial charge in [-0.25, -0.2) is 9.59 Å². The first kappa shape index (κ1) is 23.3. The van der Waals surface area contributed by atoms with Gasteiger partial charge < -0.3 is 15.5 Å². The standard InChI is InChI=1S/C20H27N3O.C2H2O4/c1-3-17-15(2)20(16-10-6-7-11-18(16)21-17)22-19(24)14-23-12-8-4-5-9-13-23;3-1(4)2(5)6/h6-7,10-11H,3-5,8-9,12-14H2,1-2H3,(H,21,22,24);(H,3,4)(H,5,6). The number of carbonyl (C=O) groups excluding carboxylic acids is 1. The second kappa shape index (κ2) is 11.3. The van der Waals surface area contributed by atoms with Crippen LogP contribution in [-0.4, -0.2) is 57.6 Å². The first-order valence-electron chi connectivity index (χ1n) is 10.2. The number of pyridine rings is 1.